The summed E-state index contributed by atoms with van der Waals surface area (Å²) >= 11 is 0. The molecule has 0 radical (unpaired) electrons. The predicted molar refractivity (Wildman–Crippen MR) is 145 cm³/mol. The smallest absolute Gasteiger partial charge is 0.459 e. The van der Waals surface area contributed by atoms with Gasteiger partial charge >= 0.3 is 43.8 Å². The average molecular weight is 529 g/mol. The second-order valence-electron chi connectivity index (χ2n) is 10.3. The van der Waals surface area contributed by atoms with Gasteiger partial charge in [0.25, 0.3) is 0 Å². The summed E-state index contributed by atoms with van der Waals surface area (Å²) in [5.74, 6) is 0.584. The molecule has 10 heteroatoms. The number of anilines is 1. The first kappa shape index (κ1) is 31.8. The number of aldehydes is 2. The summed E-state index contributed by atoms with van der Waals surface area (Å²) in [6, 6.07) is 16.6. The molecule has 0 amide bonds. The molecular weight excluding hydrogens is 499 g/mol. The van der Waals surface area contributed by atoms with E-state index in [0.29, 0.717) is 30.9 Å². The van der Waals surface area contributed by atoms with Crippen molar-refractivity contribution in [1.82, 2.24) is 4.90 Å². The molecule has 2 aliphatic rings. The zero-order chi connectivity index (χ0) is 26.9. The summed E-state index contributed by atoms with van der Waals surface area (Å²) in [6.07, 6.45) is 3.54. The number of hydrogen-bond acceptors (Lipinski definition) is 7. The van der Waals surface area contributed by atoms with Crippen molar-refractivity contribution in [3.63, 3.8) is 0 Å². The van der Waals surface area contributed by atoms with E-state index in [2.05, 4.69) is 24.8 Å². The Labute approximate surface area is 257 Å². The number of aliphatic imine (C=N–C) groups is 1. The van der Waals surface area contributed by atoms with Gasteiger partial charge in [-0.15, -0.1) is 0 Å². The van der Waals surface area contributed by atoms with Gasteiger partial charge in [-0.1, -0.05) is 42.5 Å². The molecule has 0 N–H and O–H groups in total. The summed E-state index contributed by atoms with van der Waals surface area (Å²) in [4.78, 5) is 42.6. The van der Waals surface area contributed by atoms with Gasteiger partial charge in [0.05, 0.1) is 24.7 Å². The van der Waals surface area contributed by atoms with Crippen molar-refractivity contribution in [2.75, 3.05) is 24.5 Å². The van der Waals surface area contributed by atoms with Crippen LogP contribution in [0.15, 0.2) is 59.6 Å². The van der Waals surface area contributed by atoms with Gasteiger partial charge in [0.2, 0.25) is 5.72 Å². The fraction of sp³-hybridized carbons (Fsp3) is 0.333. The van der Waals surface area contributed by atoms with Crippen LogP contribution >= 0.6 is 0 Å². The quantitative estimate of drug-likeness (QED) is 0.189. The minimum Gasteiger partial charge on any atom is -0.459 e. The second kappa shape index (κ2) is 12.9. The fourth-order valence-electron chi connectivity index (χ4n) is 5.74. The third kappa shape index (κ3) is 5.44. The van der Waals surface area contributed by atoms with Crippen LogP contribution < -0.4 is 47.4 Å². The first-order valence-corrected chi connectivity index (χ1v) is 12.8. The van der Waals surface area contributed by atoms with Gasteiger partial charge in [-0.25, -0.2) is 0 Å². The number of para-hydroxylation sites is 1. The van der Waals surface area contributed by atoms with Crippen molar-refractivity contribution in [1.29, 1.82) is 0 Å². The van der Waals surface area contributed by atoms with Crippen LogP contribution in [0.5, 0.6) is 5.75 Å². The van der Waals surface area contributed by atoms with Crippen LogP contribution in [0, 0.1) is 0 Å². The largest absolute Gasteiger partial charge is 1.00 e. The Bertz CT molecular complexity index is 1440. The average Bonchev–Trinajstić information content (AvgIpc) is 3.07. The Morgan fingerprint density at radius 3 is 2.42 bits per heavy atom. The van der Waals surface area contributed by atoms with Gasteiger partial charge in [0, 0.05) is 36.1 Å². The molecule has 7 nitrogen and oxygen atoms in total. The van der Waals surface area contributed by atoms with Crippen LogP contribution in [0.1, 0.15) is 37.8 Å². The van der Waals surface area contributed by atoms with Gasteiger partial charge < -0.3 is 19.2 Å². The van der Waals surface area contributed by atoms with E-state index in [1.165, 1.54) is 0 Å². The maximum Gasteiger partial charge on any atom is 1.00 e. The number of carbonyl (C=O) groups is 3. The maximum atomic E-state index is 13.1. The molecule has 0 bridgehead atoms. The van der Waals surface area contributed by atoms with Crippen molar-refractivity contribution in [3.8, 4) is 5.75 Å². The topological polar surface area (TPSA) is 79.3 Å². The van der Waals surface area contributed by atoms with Crippen molar-refractivity contribution in [3.05, 3.63) is 65.7 Å². The molecule has 2 heterocycles. The molecule has 0 saturated heterocycles. The third-order valence-corrected chi connectivity index (χ3v) is 7.66. The summed E-state index contributed by atoms with van der Waals surface area (Å²) < 4.78 is 20.2. The monoisotopic (exact) mass is 529 g/mol. The predicted octanol–water partition coefficient (Wildman–Crippen LogP) is -1.09. The summed E-state index contributed by atoms with van der Waals surface area (Å²) in [5.41, 5.74) is 1.91. The number of benzene rings is 3. The molecule has 0 fully saturated rings. The first-order chi connectivity index (χ1) is 18.3. The van der Waals surface area contributed by atoms with E-state index >= 15 is 0 Å². The normalized spacial score (nSPS) is 17.9. The van der Waals surface area contributed by atoms with Crippen molar-refractivity contribution in [2.45, 2.75) is 44.4 Å². The van der Waals surface area contributed by atoms with E-state index in [0.717, 1.165) is 40.2 Å². The van der Waals surface area contributed by atoms with E-state index in [1.807, 2.05) is 54.7 Å². The van der Waals surface area contributed by atoms with Crippen LogP contribution in [0.3, 0.4) is 0 Å². The van der Waals surface area contributed by atoms with Crippen molar-refractivity contribution >= 4 is 47.0 Å². The number of fused-ring (bicyclic) bond motifs is 4. The number of nitrogens with zero attached hydrogens (tertiary/aromatic N) is 3. The first-order valence-electron chi connectivity index (χ1n) is 12.8. The second-order valence-corrected chi connectivity index (χ2v) is 10.3. The Balaban J connectivity index is 0.00000220. The van der Waals surface area contributed by atoms with Gasteiger partial charge in [-0.2, -0.15) is 4.39 Å². The zero-order valence-electron chi connectivity index (χ0n) is 23.5. The van der Waals surface area contributed by atoms with E-state index in [1.54, 1.807) is 4.90 Å². The molecular formula is C30H30FLi2N3O4+2. The molecule has 40 heavy (non-hydrogen) atoms. The van der Waals surface area contributed by atoms with Crippen LogP contribution in [-0.4, -0.2) is 55.1 Å². The van der Waals surface area contributed by atoms with Crippen molar-refractivity contribution < 1.29 is 61.2 Å². The summed E-state index contributed by atoms with van der Waals surface area (Å²) in [7, 11) is 0. The molecule has 2 aliphatic heterocycles. The number of carbonyl (C=O) groups excluding carboxylic acids is 3. The van der Waals surface area contributed by atoms with Crippen LogP contribution in [0.25, 0.3) is 10.8 Å². The Morgan fingerprint density at radius 2 is 1.73 bits per heavy atom. The summed E-state index contributed by atoms with van der Waals surface area (Å²) in [5, 5.41) is 1.90. The number of halogens is 1. The molecule has 5 rings (SSSR count). The molecule has 0 aromatic heterocycles. The fourth-order valence-corrected chi connectivity index (χ4v) is 5.74. The minimum absolute atomic E-state index is 0. The van der Waals surface area contributed by atoms with Gasteiger partial charge in [-0.05, 0) is 43.4 Å². The van der Waals surface area contributed by atoms with Crippen molar-refractivity contribution in [2.24, 2.45) is 4.99 Å². The standard InChI is InChI=1S/C30H30FN3O4.2Li/c1-29(2)24-10-5-6-11-25(24)34(13-7-12-26(31)37)30(29)20-32-27-23-9-4-3-8-21(23)18-22(28(27)38-30)19-33(14-16-35)15-17-36;;/h3-6,8-11,16-18,20H,7,12-15,19H2,1-2H3;;/q;2*+1. The summed E-state index contributed by atoms with van der Waals surface area (Å²) in [6.45, 7) is 5.11. The van der Waals surface area contributed by atoms with E-state index in [9.17, 15) is 18.8 Å². The van der Waals surface area contributed by atoms with Crippen LogP contribution in [0.4, 0.5) is 15.8 Å². The van der Waals surface area contributed by atoms with E-state index < -0.39 is 17.2 Å². The van der Waals surface area contributed by atoms with Crippen LogP contribution in [-0.2, 0) is 26.3 Å². The Kier molecular flexibility index (Phi) is 10.2. The number of hydrogen-bond donors (Lipinski definition) is 0. The van der Waals surface area contributed by atoms with Gasteiger partial charge in [0.1, 0.15) is 18.3 Å². The van der Waals surface area contributed by atoms with Gasteiger partial charge in [0.15, 0.2) is 5.75 Å². The Hall–Kier alpha value is -2.72. The third-order valence-electron chi connectivity index (χ3n) is 7.66. The number of ether oxygens (including phenoxy) is 1. The molecule has 3 aromatic carbocycles. The van der Waals surface area contributed by atoms with E-state index in [-0.39, 0.29) is 57.2 Å². The van der Waals surface area contributed by atoms with Crippen LogP contribution in [0.2, 0.25) is 0 Å². The molecule has 1 atom stereocenters. The minimum atomic E-state index is -1.34. The van der Waals surface area contributed by atoms with Gasteiger partial charge in [-0.3, -0.25) is 14.7 Å². The Morgan fingerprint density at radius 1 is 1.05 bits per heavy atom. The maximum absolute atomic E-state index is 13.1. The SMILES string of the molecule is CC1(C)c2ccccc2N(CCCC(=O)F)C12C=Nc1c(c(CN(CC=O)CC=O)cc3ccccc13)O2.[Li+].[Li+]. The molecule has 3 aromatic rings. The molecule has 0 aliphatic carbocycles. The van der Waals surface area contributed by atoms with E-state index in [4.69, 9.17) is 9.73 Å². The number of rotatable bonds is 10. The zero-order valence-corrected chi connectivity index (χ0v) is 23.5. The molecule has 0 saturated carbocycles. The molecule has 196 valence electrons. The molecule has 1 unspecified atom stereocenters. The molecule has 1 spiro atoms.